The third kappa shape index (κ3) is 3.17. The van der Waals surface area contributed by atoms with Crippen LogP contribution in [0.1, 0.15) is 22.3 Å². The van der Waals surface area contributed by atoms with Gasteiger partial charge in [-0.2, -0.15) is 0 Å². The normalized spacial score (nSPS) is 15.8. The fraction of sp³-hybridized carbons (Fsp3) is 0.0244. The molecule has 0 N–H and O–H groups in total. The van der Waals surface area contributed by atoms with Gasteiger partial charge in [0.25, 0.3) is 0 Å². The van der Waals surface area contributed by atoms with E-state index in [1.165, 1.54) is 77.5 Å². The highest BCUT2D eigenvalue weighted by atomic mass is 79.9. The van der Waals surface area contributed by atoms with Gasteiger partial charge in [-0.15, -0.1) is 0 Å². The van der Waals surface area contributed by atoms with Gasteiger partial charge in [0, 0.05) is 4.47 Å². The van der Waals surface area contributed by atoms with Gasteiger partial charge < -0.3 is 0 Å². The molecule has 196 valence electrons. The molecule has 42 heavy (non-hydrogen) atoms. The highest BCUT2D eigenvalue weighted by Crippen LogP contribution is 2.64. The number of rotatable bonds is 2. The van der Waals surface area contributed by atoms with Crippen LogP contribution >= 0.6 is 15.9 Å². The number of fused-ring (bicyclic) bond motifs is 12. The van der Waals surface area contributed by atoms with Gasteiger partial charge in [0.1, 0.15) is 0 Å². The molecular formula is C41H25Br. The predicted molar refractivity (Wildman–Crippen MR) is 179 cm³/mol. The van der Waals surface area contributed by atoms with Crippen LogP contribution in [0, 0.1) is 0 Å². The molecular weight excluding hydrogens is 572 g/mol. The molecule has 0 nitrogen and oxygen atoms in total. The Morgan fingerprint density at radius 2 is 1.00 bits per heavy atom. The molecule has 7 aromatic carbocycles. The van der Waals surface area contributed by atoms with Gasteiger partial charge >= 0.3 is 0 Å². The smallest absolute Gasteiger partial charge is 0.0619 e. The summed E-state index contributed by atoms with van der Waals surface area (Å²) in [6.07, 6.45) is 0. The van der Waals surface area contributed by atoms with Crippen LogP contribution in [0.2, 0.25) is 0 Å². The first-order chi connectivity index (χ1) is 20.7. The van der Waals surface area contributed by atoms with Crippen LogP contribution in [0.5, 0.6) is 0 Å². The number of hydrogen-bond acceptors (Lipinski definition) is 0. The lowest BCUT2D eigenvalue weighted by atomic mass is 9.70. The maximum absolute atomic E-state index is 3.62. The Hall–Kier alpha value is -4.72. The minimum Gasteiger partial charge on any atom is -0.0619 e. The molecule has 2 aliphatic rings. The topological polar surface area (TPSA) is 0 Å². The second kappa shape index (κ2) is 8.89. The summed E-state index contributed by atoms with van der Waals surface area (Å²) in [6.45, 7) is 0. The molecule has 1 spiro atoms. The summed E-state index contributed by atoms with van der Waals surface area (Å²) in [5.41, 5.74) is 15.4. The van der Waals surface area contributed by atoms with Crippen molar-refractivity contribution in [2.24, 2.45) is 0 Å². The standard InChI is InChI=1S/C41H25Br/c42-31-10-7-9-29(24-31)26-16-18-27(19-17-26)30-20-22-34-33-12-3-5-14-36(33)41(39(34)25-30)37-15-6-4-13-35(37)40-32-11-2-1-8-28(32)21-23-38(40)41/h1-25H. The predicted octanol–water partition coefficient (Wildman–Crippen LogP) is 11.3. The van der Waals surface area contributed by atoms with E-state index in [1.807, 2.05) is 0 Å². The van der Waals surface area contributed by atoms with Gasteiger partial charge in [-0.3, -0.25) is 0 Å². The quantitative estimate of drug-likeness (QED) is 0.186. The first kappa shape index (κ1) is 23.9. The summed E-state index contributed by atoms with van der Waals surface area (Å²) in [7, 11) is 0. The van der Waals surface area contributed by atoms with Crippen molar-refractivity contribution in [3.63, 3.8) is 0 Å². The number of benzene rings is 7. The van der Waals surface area contributed by atoms with Crippen molar-refractivity contribution in [1.29, 1.82) is 0 Å². The molecule has 0 saturated heterocycles. The van der Waals surface area contributed by atoms with E-state index in [1.54, 1.807) is 0 Å². The van der Waals surface area contributed by atoms with Crippen molar-refractivity contribution >= 4 is 26.7 Å². The van der Waals surface area contributed by atoms with E-state index < -0.39 is 0 Å². The van der Waals surface area contributed by atoms with E-state index >= 15 is 0 Å². The lowest BCUT2D eigenvalue weighted by Gasteiger charge is -2.31. The van der Waals surface area contributed by atoms with Crippen molar-refractivity contribution in [3.05, 3.63) is 178 Å². The van der Waals surface area contributed by atoms with Crippen LogP contribution in [0.25, 0.3) is 55.3 Å². The van der Waals surface area contributed by atoms with Crippen LogP contribution in [0.15, 0.2) is 156 Å². The Morgan fingerprint density at radius 1 is 0.381 bits per heavy atom. The Balaban J connectivity index is 1.30. The van der Waals surface area contributed by atoms with E-state index in [0.29, 0.717) is 0 Å². The Morgan fingerprint density at radius 3 is 1.79 bits per heavy atom. The van der Waals surface area contributed by atoms with Crippen LogP contribution in [0.4, 0.5) is 0 Å². The summed E-state index contributed by atoms with van der Waals surface area (Å²) in [6, 6.07) is 56.2. The van der Waals surface area contributed by atoms with Gasteiger partial charge in [0.2, 0.25) is 0 Å². The first-order valence-electron chi connectivity index (χ1n) is 14.5. The zero-order chi connectivity index (χ0) is 27.8. The Bertz CT molecular complexity index is 2200. The van der Waals surface area contributed by atoms with E-state index in [2.05, 4.69) is 168 Å². The van der Waals surface area contributed by atoms with Gasteiger partial charge in [0.15, 0.2) is 0 Å². The lowest BCUT2D eigenvalue weighted by molar-refractivity contribution is 0.795. The summed E-state index contributed by atoms with van der Waals surface area (Å²) in [5.74, 6) is 0. The number of hydrogen-bond donors (Lipinski definition) is 0. The molecule has 1 heteroatoms. The molecule has 0 saturated carbocycles. The van der Waals surface area contributed by atoms with Gasteiger partial charge in [0.05, 0.1) is 5.41 Å². The van der Waals surface area contributed by atoms with Gasteiger partial charge in [-0.25, -0.2) is 0 Å². The minimum absolute atomic E-state index is 0.353. The van der Waals surface area contributed by atoms with E-state index in [-0.39, 0.29) is 5.41 Å². The average molecular weight is 598 g/mol. The SMILES string of the molecule is Brc1cccc(-c2ccc(-c3ccc4c(c3)C3(c5ccccc5-4)c4ccccc4-c4c3ccc3ccccc43)cc2)c1. The minimum atomic E-state index is -0.353. The maximum Gasteiger partial charge on any atom is 0.0725 e. The zero-order valence-electron chi connectivity index (χ0n) is 22.8. The Kier molecular flexibility index (Phi) is 5.06. The summed E-state index contributed by atoms with van der Waals surface area (Å²) >= 11 is 3.62. The second-order valence-corrected chi connectivity index (χ2v) is 12.3. The van der Waals surface area contributed by atoms with Gasteiger partial charge in [-0.1, -0.05) is 149 Å². The molecule has 9 rings (SSSR count). The molecule has 0 amide bonds. The van der Waals surface area contributed by atoms with Crippen LogP contribution < -0.4 is 0 Å². The largest absolute Gasteiger partial charge is 0.0725 e. The molecule has 1 unspecified atom stereocenters. The molecule has 0 aliphatic heterocycles. The van der Waals surface area contributed by atoms with E-state index in [9.17, 15) is 0 Å². The molecule has 0 fully saturated rings. The zero-order valence-corrected chi connectivity index (χ0v) is 24.4. The van der Waals surface area contributed by atoms with Gasteiger partial charge in [-0.05, 0) is 95.7 Å². The fourth-order valence-electron chi connectivity index (χ4n) is 7.61. The molecule has 7 aromatic rings. The van der Waals surface area contributed by atoms with Crippen molar-refractivity contribution in [1.82, 2.24) is 0 Å². The molecule has 2 aliphatic carbocycles. The fourth-order valence-corrected chi connectivity index (χ4v) is 8.01. The first-order valence-corrected chi connectivity index (χ1v) is 15.3. The summed E-state index contributed by atoms with van der Waals surface area (Å²) < 4.78 is 1.09. The van der Waals surface area contributed by atoms with E-state index in [0.717, 1.165) is 4.47 Å². The average Bonchev–Trinajstić information content (AvgIpc) is 3.52. The molecule has 0 bridgehead atoms. The molecule has 0 heterocycles. The number of halogens is 1. The van der Waals surface area contributed by atoms with Crippen molar-refractivity contribution in [3.8, 4) is 44.5 Å². The molecule has 0 radical (unpaired) electrons. The maximum atomic E-state index is 3.62. The monoisotopic (exact) mass is 596 g/mol. The molecule has 0 aromatic heterocycles. The van der Waals surface area contributed by atoms with Crippen molar-refractivity contribution in [2.75, 3.05) is 0 Å². The van der Waals surface area contributed by atoms with E-state index in [4.69, 9.17) is 0 Å². The van der Waals surface area contributed by atoms with Crippen molar-refractivity contribution < 1.29 is 0 Å². The van der Waals surface area contributed by atoms with Crippen LogP contribution in [-0.2, 0) is 5.41 Å². The Labute approximate surface area is 254 Å². The molecule has 1 atom stereocenters. The second-order valence-electron chi connectivity index (χ2n) is 11.4. The van der Waals surface area contributed by atoms with Crippen LogP contribution in [0.3, 0.4) is 0 Å². The summed E-state index contributed by atoms with van der Waals surface area (Å²) in [4.78, 5) is 0. The lowest BCUT2D eigenvalue weighted by Crippen LogP contribution is -2.25. The third-order valence-electron chi connectivity index (χ3n) is 9.35. The van der Waals surface area contributed by atoms with Crippen molar-refractivity contribution in [2.45, 2.75) is 5.41 Å². The highest BCUT2D eigenvalue weighted by Gasteiger charge is 2.51. The third-order valence-corrected chi connectivity index (χ3v) is 9.85. The highest BCUT2D eigenvalue weighted by molar-refractivity contribution is 9.10. The van der Waals surface area contributed by atoms with Crippen LogP contribution in [-0.4, -0.2) is 0 Å². The summed E-state index contributed by atoms with van der Waals surface area (Å²) in [5, 5.41) is 2.61.